The molecular weight excluding hydrogens is 292 g/mol. The molecule has 1 fully saturated rings. The first-order chi connectivity index (χ1) is 9.68. The number of ether oxygens (including phenoxy) is 1. The lowest BCUT2D eigenvalue weighted by atomic mass is 9.75. The molecule has 21 heavy (non-hydrogen) atoms. The van der Waals surface area contributed by atoms with Crippen LogP contribution in [0.25, 0.3) is 0 Å². The normalized spacial score (nSPS) is 25.3. The lowest BCUT2D eigenvalue weighted by molar-refractivity contribution is -0.171. The molecule has 1 heterocycles. The van der Waals surface area contributed by atoms with E-state index >= 15 is 0 Å². The van der Waals surface area contributed by atoms with E-state index in [-0.39, 0.29) is 23.8 Å². The number of carbonyl (C=O) groups excluding carboxylic acids is 1. The van der Waals surface area contributed by atoms with Crippen molar-refractivity contribution >= 4 is 24.1 Å². The van der Waals surface area contributed by atoms with E-state index in [1.54, 1.807) is 0 Å². The number of benzene rings is 1. The maximum absolute atomic E-state index is 12.4. The maximum Gasteiger partial charge on any atom is 0.354 e. The van der Waals surface area contributed by atoms with E-state index in [0.29, 0.717) is 18.7 Å². The largest absolute Gasteiger partial charge is 0.466 e. The molecule has 0 bridgehead atoms. The Morgan fingerprint density at radius 1 is 1.38 bits per heavy atom. The monoisotopic (exact) mass is 310 g/mol. The topological polar surface area (TPSA) is 73.9 Å². The molecule has 114 valence electrons. The Morgan fingerprint density at radius 2 is 2.05 bits per heavy atom. The summed E-state index contributed by atoms with van der Waals surface area (Å²) < 4.78 is 5.00. The Bertz CT molecular complexity index is 557. The van der Waals surface area contributed by atoms with Crippen molar-refractivity contribution in [3.8, 4) is 0 Å². The summed E-state index contributed by atoms with van der Waals surface area (Å²) in [5, 5.41) is 4.00. The first-order valence-corrected chi connectivity index (χ1v) is 6.76. The molecule has 0 radical (unpaired) electrons. The highest BCUT2D eigenvalue weighted by Gasteiger charge is 2.69. The Morgan fingerprint density at radius 3 is 2.52 bits per heavy atom. The van der Waals surface area contributed by atoms with Gasteiger partial charge in [0.05, 0.1) is 12.8 Å². The standard InChI is InChI=1S/C15H18N2O3.ClH/c1-19-13(18)15(9-12(10-16)17-20-15)14(7-8-14)11-5-3-2-4-6-11;/h2-6H,7-10,16H2,1H3;1H. The van der Waals surface area contributed by atoms with E-state index in [4.69, 9.17) is 15.3 Å². The molecule has 1 atom stereocenters. The number of hydrogen-bond acceptors (Lipinski definition) is 5. The number of methoxy groups -OCH3 is 1. The fourth-order valence-corrected chi connectivity index (χ4v) is 3.14. The molecule has 1 unspecified atom stereocenters. The third kappa shape index (κ3) is 2.21. The summed E-state index contributed by atoms with van der Waals surface area (Å²) in [5.41, 5.74) is 6.04. The van der Waals surface area contributed by atoms with Crippen molar-refractivity contribution in [3.05, 3.63) is 35.9 Å². The molecular formula is C15H19ClN2O3. The third-order valence-corrected chi connectivity index (χ3v) is 4.38. The van der Waals surface area contributed by atoms with Crippen LogP contribution in [-0.4, -0.2) is 30.9 Å². The van der Waals surface area contributed by atoms with Crippen molar-refractivity contribution in [2.24, 2.45) is 10.9 Å². The highest BCUT2D eigenvalue weighted by molar-refractivity contribution is 5.96. The van der Waals surface area contributed by atoms with E-state index in [1.807, 2.05) is 30.3 Å². The second-order valence-corrected chi connectivity index (χ2v) is 5.40. The Kier molecular flexibility index (Phi) is 4.25. The van der Waals surface area contributed by atoms with Gasteiger partial charge in [0.1, 0.15) is 0 Å². The fraction of sp³-hybridized carbons (Fsp3) is 0.467. The number of oxime groups is 1. The molecule has 2 aliphatic rings. The van der Waals surface area contributed by atoms with E-state index < -0.39 is 5.60 Å². The molecule has 6 heteroatoms. The van der Waals surface area contributed by atoms with Crippen LogP contribution in [0.5, 0.6) is 0 Å². The van der Waals surface area contributed by atoms with E-state index in [0.717, 1.165) is 18.4 Å². The van der Waals surface area contributed by atoms with Gasteiger partial charge in [-0.2, -0.15) is 0 Å². The predicted octanol–water partition coefficient (Wildman–Crippen LogP) is 1.79. The maximum atomic E-state index is 12.4. The molecule has 3 rings (SSSR count). The van der Waals surface area contributed by atoms with Crippen molar-refractivity contribution in [3.63, 3.8) is 0 Å². The summed E-state index contributed by atoms with van der Waals surface area (Å²) in [7, 11) is 1.38. The summed E-state index contributed by atoms with van der Waals surface area (Å²) in [6, 6.07) is 9.96. The highest BCUT2D eigenvalue weighted by atomic mass is 35.5. The number of hydrogen-bond donors (Lipinski definition) is 1. The Balaban J connectivity index is 0.00000161. The van der Waals surface area contributed by atoms with Gasteiger partial charge in [0, 0.05) is 18.4 Å². The van der Waals surface area contributed by atoms with Crippen molar-refractivity contribution < 1.29 is 14.4 Å². The Hall–Kier alpha value is -1.59. The van der Waals surface area contributed by atoms with E-state index in [2.05, 4.69) is 5.16 Å². The van der Waals surface area contributed by atoms with Gasteiger partial charge in [-0.15, -0.1) is 12.4 Å². The summed E-state index contributed by atoms with van der Waals surface area (Å²) in [6.45, 7) is 0.295. The molecule has 1 saturated carbocycles. The van der Waals surface area contributed by atoms with Gasteiger partial charge < -0.3 is 15.3 Å². The third-order valence-electron chi connectivity index (χ3n) is 4.38. The highest BCUT2D eigenvalue weighted by Crippen LogP contribution is 2.60. The summed E-state index contributed by atoms with van der Waals surface area (Å²) in [6.07, 6.45) is 2.18. The fourth-order valence-electron chi connectivity index (χ4n) is 3.14. The van der Waals surface area contributed by atoms with Crippen molar-refractivity contribution in [1.29, 1.82) is 0 Å². The average Bonchev–Trinajstić information content (AvgIpc) is 3.21. The van der Waals surface area contributed by atoms with Gasteiger partial charge in [0.2, 0.25) is 5.60 Å². The molecule has 1 aliphatic carbocycles. The minimum atomic E-state index is -1.06. The second kappa shape index (κ2) is 5.66. The molecule has 0 saturated heterocycles. The lowest BCUT2D eigenvalue weighted by Gasteiger charge is -2.33. The zero-order chi connectivity index (χ0) is 14.2. The van der Waals surface area contributed by atoms with Crippen LogP contribution < -0.4 is 5.73 Å². The van der Waals surface area contributed by atoms with Crippen molar-refractivity contribution in [2.45, 2.75) is 30.3 Å². The van der Waals surface area contributed by atoms with Crippen LogP contribution in [0.1, 0.15) is 24.8 Å². The van der Waals surface area contributed by atoms with Gasteiger partial charge in [-0.05, 0) is 18.4 Å². The quantitative estimate of drug-likeness (QED) is 0.860. The molecule has 0 spiro atoms. The van der Waals surface area contributed by atoms with Crippen LogP contribution in [-0.2, 0) is 19.8 Å². The van der Waals surface area contributed by atoms with Crippen LogP contribution in [0.2, 0.25) is 0 Å². The Labute approximate surface area is 129 Å². The SMILES string of the molecule is COC(=O)C1(C2(c3ccccc3)CC2)CC(CN)=NO1.Cl. The van der Waals surface area contributed by atoms with E-state index in [1.165, 1.54) is 7.11 Å². The summed E-state index contributed by atoms with van der Waals surface area (Å²) in [4.78, 5) is 18.0. The van der Waals surface area contributed by atoms with Crippen LogP contribution in [0.15, 0.2) is 35.5 Å². The van der Waals surface area contributed by atoms with Crippen molar-refractivity contribution in [1.82, 2.24) is 0 Å². The van der Waals surface area contributed by atoms with Crippen LogP contribution in [0, 0.1) is 0 Å². The second-order valence-electron chi connectivity index (χ2n) is 5.40. The number of nitrogens with two attached hydrogens (primary N) is 1. The zero-order valence-electron chi connectivity index (χ0n) is 11.9. The summed E-state index contributed by atoms with van der Waals surface area (Å²) in [5.74, 6) is -0.369. The molecule has 1 aromatic carbocycles. The number of rotatable bonds is 4. The minimum Gasteiger partial charge on any atom is -0.466 e. The average molecular weight is 311 g/mol. The molecule has 2 N–H and O–H groups in total. The van der Waals surface area contributed by atoms with Crippen LogP contribution in [0.3, 0.4) is 0 Å². The number of esters is 1. The minimum absolute atomic E-state index is 0. The van der Waals surface area contributed by atoms with E-state index in [9.17, 15) is 4.79 Å². The van der Waals surface area contributed by atoms with Crippen LogP contribution in [0.4, 0.5) is 0 Å². The predicted molar refractivity (Wildman–Crippen MR) is 81.5 cm³/mol. The molecule has 5 nitrogen and oxygen atoms in total. The van der Waals surface area contributed by atoms with Gasteiger partial charge in [-0.1, -0.05) is 35.5 Å². The number of halogens is 1. The first kappa shape index (κ1) is 15.8. The van der Waals surface area contributed by atoms with Crippen LogP contribution >= 0.6 is 12.4 Å². The number of nitrogens with zero attached hydrogens (tertiary/aromatic N) is 1. The van der Waals surface area contributed by atoms with Gasteiger partial charge in [-0.25, -0.2) is 4.79 Å². The van der Waals surface area contributed by atoms with Gasteiger partial charge in [0.15, 0.2) is 0 Å². The molecule has 1 aromatic rings. The lowest BCUT2D eigenvalue weighted by Crippen LogP contribution is -2.51. The molecule has 0 amide bonds. The summed E-state index contributed by atoms with van der Waals surface area (Å²) >= 11 is 0. The van der Waals surface area contributed by atoms with Gasteiger partial charge >= 0.3 is 5.97 Å². The van der Waals surface area contributed by atoms with Crippen molar-refractivity contribution in [2.75, 3.05) is 13.7 Å². The number of carbonyl (C=O) groups is 1. The molecule has 1 aliphatic heterocycles. The smallest absolute Gasteiger partial charge is 0.354 e. The van der Waals surface area contributed by atoms with Gasteiger partial charge in [-0.3, -0.25) is 0 Å². The first-order valence-electron chi connectivity index (χ1n) is 6.76. The zero-order valence-corrected chi connectivity index (χ0v) is 12.7. The molecule has 0 aromatic heterocycles. The van der Waals surface area contributed by atoms with Gasteiger partial charge in [0.25, 0.3) is 0 Å².